The molecule has 2 amide bonds. The van der Waals surface area contributed by atoms with Crippen LogP contribution in [0.4, 0.5) is 11.4 Å². The number of nitriles is 1. The van der Waals surface area contributed by atoms with E-state index in [1.165, 1.54) is 0 Å². The predicted octanol–water partition coefficient (Wildman–Crippen LogP) is 2.44. The number of rotatable bonds is 2. The maximum atomic E-state index is 11.9. The van der Waals surface area contributed by atoms with Gasteiger partial charge in [0.2, 0.25) is 0 Å². The van der Waals surface area contributed by atoms with Gasteiger partial charge in [-0.15, -0.1) is 0 Å². The molecule has 0 radical (unpaired) electrons. The molecule has 104 valence electrons. The van der Waals surface area contributed by atoms with Crippen molar-refractivity contribution in [1.29, 1.82) is 5.26 Å². The second-order valence-electron chi connectivity index (χ2n) is 4.38. The summed E-state index contributed by atoms with van der Waals surface area (Å²) in [5, 5.41) is 13.9. The van der Waals surface area contributed by atoms with E-state index in [2.05, 4.69) is 10.6 Å². The van der Waals surface area contributed by atoms with Crippen molar-refractivity contribution in [3.63, 3.8) is 0 Å². The van der Waals surface area contributed by atoms with Gasteiger partial charge in [-0.25, -0.2) is 0 Å². The van der Waals surface area contributed by atoms with Crippen LogP contribution < -0.4 is 10.6 Å². The van der Waals surface area contributed by atoms with Crippen LogP contribution in [0.15, 0.2) is 48.5 Å². The van der Waals surface area contributed by atoms with E-state index >= 15 is 0 Å². The Morgan fingerprint density at radius 3 is 2.05 bits per heavy atom. The minimum Gasteiger partial charge on any atom is -0.318 e. The Hall–Kier alpha value is -3.13. The maximum absolute atomic E-state index is 11.9. The smallest absolute Gasteiger partial charge is 0.314 e. The van der Waals surface area contributed by atoms with E-state index in [0.717, 1.165) is 5.56 Å². The molecule has 0 atom stereocenters. The van der Waals surface area contributed by atoms with Gasteiger partial charge in [-0.2, -0.15) is 5.26 Å². The Kier molecular flexibility index (Phi) is 4.32. The maximum Gasteiger partial charge on any atom is 0.314 e. The van der Waals surface area contributed by atoms with E-state index in [4.69, 9.17) is 5.26 Å². The van der Waals surface area contributed by atoms with E-state index in [-0.39, 0.29) is 0 Å². The van der Waals surface area contributed by atoms with Crippen molar-refractivity contribution in [2.24, 2.45) is 0 Å². The third-order valence-electron chi connectivity index (χ3n) is 2.90. The molecule has 0 saturated carbocycles. The van der Waals surface area contributed by atoms with Gasteiger partial charge >= 0.3 is 11.8 Å². The summed E-state index contributed by atoms with van der Waals surface area (Å²) in [7, 11) is 0. The molecule has 0 spiro atoms. The van der Waals surface area contributed by atoms with Crippen LogP contribution in [0, 0.1) is 18.3 Å². The molecule has 21 heavy (non-hydrogen) atoms. The van der Waals surface area contributed by atoms with E-state index in [1.54, 1.807) is 36.4 Å². The molecule has 0 aliphatic heterocycles. The third-order valence-corrected chi connectivity index (χ3v) is 2.90. The highest BCUT2D eigenvalue weighted by molar-refractivity contribution is 6.43. The lowest BCUT2D eigenvalue weighted by Gasteiger charge is -2.09. The Labute approximate surface area is 122 Å². The first-order valence-corrected chi connectivity index (χ1v) is 6.29. The van der Waals surface area contributed by atoms with Crippen molar-refractivity contribution in [1.82, 2.24) is 0 Å². The number of nitrogens with zero attached hydrogens (tertiary/aromatic N) is 1. The summed E-state index contributed by atoms with van der Waals surface area (Å²) >= 11 is 0. The van der Waals surface area contributed by atoms with Crippen LogP contribution >= 0.6 is 0 Å². The number of hydrogen-bond acceptors (Lipinski definition) is 3. The first-order valence-electron chi connectivity index (χ1n) is 6.29. The van der Waals surface area contributed by atoms with Gasteiger partial charge in [0, 0.05) is 5.69 Å². The van der Waals surface area contributed by atoms with E-state index in [1.807, 2.05) is 25.1 Å². The fourth-order valence-corrected chi connectivity index (χ4v) is 1.76. The Morgan fingerprint density at radius 1 is 0.905 bits per heavy atom. The minimum absolute atomic E-state index is 0.301. The molecule has 2 aromatic carbocycles. The van der Waals surface area contributed by atoms with Crippen molar-refractivity contribution in [2.45, 2.75) is 6.92 Å². The average Bonchev–Trinajstić information content (AvgIpc) is 2.50. The van der Waals surface area contributed by atoms with Gasteiger partial charge in [-0.1, -0.05) is 30.3 Å². The summed E-state index contributed by atoms with van der Waals surface area (Å²) in [5.41, 5.74) is 2.04. The quantitative estimate of drug-likeness (QED) is 0.828. The number of para-hydroxylation sites is 2. The van der Waals surface area contributed by atoms with E-state index in [0.29, 0.717) is 16.9 Å². The number of aryl methyl sites for hydroxylation is 1. The van der Waals surface area contributed by atoms with Crippen LogP contribution in [0.1, 0.15) is 11.1 Å². The molecular weight excluding hydrogens is 266 g/mol. The third kappa shape index (κ3) is 3.45. The minimum atomic E-state index is -0.819. The zero-order valence-corrected chi connectivity index (χ0v) is 11.4. The normalized spacial score (nSPS) is 9.52. The van der Waals surface area contributed by atoms with Crippen LogP contribution in [-0.2, 0) is 9.59 Å². The number of amides is 2. The number of anilines is 2. The standard InChI is InChI=1S/C16H13N3O2/c1-11-6-2-4-8-13(11)18-15(20)16(21)19-14-9-5-3-7-12(14)10-17/h2-9H,1H3,(H,18,20)(H,19,21). The molecule has 2 aromatic rings. The molecule has 0 fully saturated rings. The monoisotopic (exact) mass is 279 g/mol. The second-order valence-corrected chi connectivity index (χ2v) is 4.38. The van der Waals surface area contributed by atoms with Gasteiger partial charge in [0.05, 0.1) is 11.3 Å². The number of carbonyl (C=O) groups is 2. The lowest BCUT2D eigenvalue weighted by Crippen LogP contribution is -2.29. The fourth-order valence-electron chi connectivity index (χ4n) is 1.76. The second kappa shape index (κ2) is 6.35. The predicted molar refractivity (Wildman–Crippen MR) is 79.6 cm³/mol. The van der Waals surface area contributed by atoms with Gasteiger partial charge < -0.3 is 10.6 Å². The van der Waals surface area contributed by atoms with E-state index < -0.39 is 11.8 Å². The van der Waals surface area contributed by atoms with Crippen molar-refractivity contribution < 1.29 is 9.59 Å². The van der Waals surface area contributed by atoms with Crippen LogP contribution in [0.25, 0.3) is 0 Å². The van der Waals surface area contributed by atoms with Crippen LogP contribution in [0.3, 0.4) is 0 Å². The summed E-state index contributed by atoms with van der Waals surface area (Å²) < 4.78 is 0. The summed E-state index contributed by atoms with van der Waals surface area (Å²) in [6, 6.07) is 15.6. The van der Waals surface area contributed by atoms with Crippen LogP contribution in [-0.4, -0.2) is 11.8 Å². The molecule has 0 bridgehead atoms. The summed E-state index contributed by atoms with van der Waals surface area (Å²) in [6.07, 6.45) is 0. The lowest BCUT2D eigenvalue weighted by atomic mass is 10.2. The fraction of sp³-hybridized carbons (Fsp3) is 0.0625. The highest BCUT2D eigenvalue weighted by Gasteiger charge is 2.16. The van der Waals surface area contributed by atoms with Crippen LogP contribution in [0.2, 0.25) is 0 Å². The van der Waals surface area contributed by atoms with Gasteiger partial charge in [-0.3, -0.25) is 9.59 Å². The van der Waals surface area contributed by atoms with Gasteiger partial charge in [0.25, 0.3) is 0 Å². The molecule has 2 N–H and O–H groups in total. The molecule has 0 aliphatic carbocycles. The summed E-state index contributed by atoms with van der Waals surface area (Å²) in [5.74, 6) is -1.60. The molecule has 0 saturated heterocycles. The van der Waals surface area contributed by atoms with E-state index in [9.17, 15) is 9.59 Å². The molecule has 2 rings (SSSR count). The number of benzene rings is 2. The number of carbonyl (C=O) groups excluding carboxylic acids is 2. The molecule has 0 aromatic heterocycles. The average molecular weight is 279 g/mol. The molecule has 5 nitrogen and oxygen atoms in total. The van der Waals surface area contributed by atoms with Crippen molar-refractivity contribution in [2.75, 3.05) is 10.6 Å². The Bertz CT molecular complexity index is 732. The largest absolute Gasteiger partial charge is 0.318 e. The Balaban J connectivity index is 2.09. The Morgan fingerprint density at radius 2 is 1.43 bits per heavy atom. The van der Waals surface area contributed by atoms with Crippen LogP contribution in [0.5, 0.6) is 0 Å². The van der Waals surface area contributed by atoms with Crippen molar-refractivity contribution in [3.8, 4) is 6.07 Å². The first-order chi connectivity index (χ1) is 10.1. The zero-order chi connectivity index (χ0) is 15.2. The van der Waals surface area contributed by atoms with Crippen molar-refractivity contribution >= 4 is 23.2 Å². The highest BCUT2D eigenvalue weighted by atomic mass is 16.2. The molecule has 0 unspecified atom stereocenters. The van der Waals surface area contributed by atoms with Gasteiger partial charge in [-0.05, 0) is 30.7 Å². The topological polar surface area (TPSA) is 82.0 Å². The number of hydrogen-bond donors (Lipinski definition) is 2. The summed E-state index contributed by atoms with van der Waals surface area (Å²) in [6.45, 7) is 1.83. The molecular formula is C16H13N3O2. The number of nitrogens with one attached hydrogen (secondary N) is 2. The lowest BCUT2D eigenvalue weighted by molar-refractivity contribution is -0.133. The zero-order valence-electron chi connectivity index (χ0n) is 11.4. The summed E-state index contributed by atoms with van der Waals surface area (Å²) in [4.78, 5) is 23.7. The SMILES string of the molecule is Cc1ccccc1NC(=O)C(=O)Nc1ccccc1C#N. The molecule has 0 heterocycles. The first kappa shape index (κ1) is 14.3. The molecule has 5 heteroatoms. The molecule has 0 aliphatic rings. The highest BCUT2D eigenvalue weighted by Crippen LogP contribution is 2.15. The van der Waals surface area contributed by atoms with Crippen molar-refractivity contribution in [3.05, 3.63) is 59.7 Å². The van der Waals surface area contributed by atoms with Gasteiger partial charge in [0.1, 0.15) is 6.07 Å². The van der Waals surface area contributed by atoms with Gasteiger partial charge in [0.15, 0.2) is 0 Å².